The highest BCUT2D eigenvalue weighted by molar-refractivity contribution is 6.04. The predicted molar refractivity (Wildman–Crippen MR) is 112 cm³/mol. The number of carbonyl (C=O) groups is 2. The minimum atomic E-state index is -0.503. The van der Waals surface area contributed by atoms with Crippen LogP contribution in [0.5, 0.6) is 5.75 Å². The van der Waals surface area contributed by atoms with Crippen LogP contribution >= 0.6 is 0 Å². The summed E-state index contributed by atoms with van der Waals surface area (Å²) >= 11 is 0. The number of Topliss-reactive ketones (excluding diaryl/α,β-unsaturated/α-hetero) is 1. The fourth-order valence-electron chi connectivity index (χ4n) is 3.23. The quantitative estimate of drug-likeness (QED) is 0.332. The van der Waals surface area contributed by atoms with Gasteiger partial charge in [0, 0.05) is 16.5 Å². The number of carbonyl (C=O) groups excluding carboxylic acids is 2. The molecule has 0 radical (unpaired) electrons. The summed E-state index contributed by atoms with van der Waals surface area (Å²) in [7, 11) is 1.53. The highest BCUT2D eigenvalue weighted by atomic mass is 16.5. The number of para-hydroxylation sites is 1. The molecule has 0 aliphatic rings. The van der Waals surface area contributed by atoms with Crippen LogP contribution in [-0.4, -0.2) is 23.8 Å². The minimum Gasteiger partial charge on any atom is -0.496 e. The first-order valence-corrected chi connectivity index (χ1v) is 9.35. The molecule has 0 unspecified atom stereocenters. The molecular formula is C24H19NO5. The zero-order valence-electron chi connectivity index (χ0n) is 16.5. The Balaban J connectivity index is 1.67. The number of ether oxygens (including phenoxy) is 2. The number of nitrogens with zero attached hydrogens (tertiary/aromatic N) is 1. The van der Waals surface area contributed by atoms with E-state index in [2.05, 4.69) is 4.98 Å². The van der Waals surface area contributed by atoms with Crippen molar-refractivity contribution in [2.75, 3.05) is 7.11 Å². The second kappa shape index (κ2) is 8.21. The van der Waals surface area contributed by atoms with Crippen molar-refractivity contribution in [3.05, 3.63) is 83.6 Å². The number of hydrogen-bond donors (Lipinski definition) is 0. The fraction of sp³-hybridized carbons (Fsp3) is 0.125. The van der Waals surface area contributed by atoms with Crippen molar-refractivity contribution in [1.82, 2.24) is 4.98 Å². The molecule has 4 aromatic rings. The largest absolute Gasteiger partial charge is 0.496 e. The standard InChI is InChI=1S/C24H19NO5/c1-15(26)16-9-10-22(28-2)17(12-16)14-30-24(27)19-13-21(23-8-5-11-29-23)25-20-7-4-3-6-18(19)20/h3-13H,14H2,1-2H3. The zero-order valence-corrected chi connectivity index (χ0v) is 16.5. The molecule has 2 aromatic carbocycles. The minimum absolute atomic E-state index is 0.0319. The number of fused-ring (bicyclic) bond motifs is 1. The molecule has 6 heteroatoms. The maximum atomic E-state index is 13.0. The van der Waals surface area contributed by atoms with Gasteiger partial charge >= 0.3 is 5.97 Å². The van der Waals surface area contributed by atoms with Crippen molar-refractivity contribution in [3.63, 3.8) is 0 Å². The average molecular weight is 401 g/mol. The van der Waals surface area contributed by atoms with E-state index in [4.69, 9.17) is 13.9 Å². The van der Waals surface area contributed by atoms with E-state index in [0.29, 0.717) is 44.8 Å². The van der Waals surface area contributed by atoms with Gasteiger partial charge < -0.3 is 13.9 Å². The molecule has 0 bridgehead atoms. The van der Waals surface area contributed by atoms with Gasteiger partial charge in [-0.25, -0.2) is 9.78 Å². The molecule has 0 saturated carbocycles. The number of methoxy groups -OCH3 is 1. The highest BCUT2D eigenvalue weighted by Crippen LogP contribution is 2.27. The van der Waals surface area contributed by atoms with Gasteiger partial charge in [-0.1, -0.05) is 18.2 Å². The maximum absolute atomic E-state index is 13.0. The summed E-state index contributed by atoms with van der Waals surface area (Å²) in [5.74, 6) is 0.527. The highest BCUT2D eigenvalue weighted by Gasteiger charge is 2.17. The van der Waals surface area contributed by atoms with Crippen LogP contribution in [0, 0.1) is 0 Å². The summed E-state index contributed by atoms with van der Waals surface area (Å²) in [4.78, 5) is 29.3. The monoisotopic (exact) mass is 401 g/mol. The third kappa shape index (κ3) is 3.80. The van der Waals surface area contributed by atoms with E-state index in [1.807, 2.05) is 24.3 Å². The van der Waals surface area contributed by atoms with E-state index in [9.17, 15) is 9.59 Å². The van der Waals surface area contributed by atoms with Crippen LogP contribution in [-0.2, 0) is 11.3 Å². The second-order valence-corrected chi connectivity index (χ2v) is 6.71. The second-order valence-electron chi connectivity index (χ2n) is 6.71. The van der Waals surface area contributed by atoms with Crippen molar-refractivity contribution >= 4 is 22.7 Å². The lowest BCUT2D eigenvalue weighted by Crippen LogP contribution is -2.08. The molecule has 30 heavy (non-hydrogen) atoms. The lowest BCUT2D eigenvalue weighted by molar-refractivity contribution is 0.0472. The number of esters is 1. The van der Waals surface area contributed by atoms with Gasteiger partial charge in [-0.3, -0.25) is 4.79 Å². The Morgan fingerprint density at radius 1 is 1.03 bits per heavy atom. The molecule has 2 aromatic heterocycles. The first kappa shape index (κ1) is 19.4. The van der Waals surface area contributed by atoms with Gasteiger partial charge in [-0.2, -0.15) is 0 Å². The third-order valence-corrected chi connectivity index (χ3v) is 4.76. The number of benzene rings is 2. The Labute approximate surface area is 173 Å². The summed E-state index contributed by atoms with van der Waals surface area (Å²) in [6.07, 6.45) is 1.55. The summed E-state index contributed by atoms with van der Waals surface area (Å²) in [6, 6.07) is 17.6. The van der Waals surface area contributed by atoms with Crippen LogP contribution in [0.3, 0.4) is 0 Å². The lowest BCUT2D eigenvalue weighted by Gasteiger charge is -2.12. The molecule has 0 atom stereocenters. The predicted octanol–water partition coefficient (Wildman–Crippen LogP) is 5.06. The maximum Gasteiger partial charge on any atom is 0.339 e. The van der Waals surface area contributed by atoms with Crippen LogP contribution in [0.2, 0.25) is 0 Å². The van der Waals surface area contributed by atoms with Crippen LogP contribution < -0.4 is 4.74 Å². The van der Waals surface area contributed by atoms with E-state index in [0.717, 1.165) is 0 Å². The molecule has 0 amide bonds. The molecule has 0 spiro atoms. The first-order valence-electron chi connectivity index (χ1n) is 9.35. The topological polar surface area (TPSA) is 78.6 Å². The summed E-state index contributed by atoms with van der Waals surface area (Å²) in [6.45, 7) is 1.45. The zero-order chi connectivity index (χ0) is 21.1. The molecule has 0 N–H and O–H groups in total. The molecular weight excluding hydrogens is 382 g/mol. The number of ketones is 1. The SMILES string of the molecule is COc1ccc(C(C)=O)cc1COC(=O)c1cc(-c2ccco2)nc2ccccc12. The van der Waals surface area contributed by atoms with Crippen molar-refractivity contribution in [2.24, 2.45) is 0 Å². The van der Waals surface area contributed by atoms with E-state index in [1.165, 1.54) is 14.0 Å². The molecule has 150 valence electrons. The van der Waals surface area contributed by atoms with E-state index < -0.39 is 5.97 Å². The van der Waals surface area contributed by atoms with Crippen LogP contribution in [0.1, 0.15) is 33.2 Å². The average Bonchev–Trinajstić information content (AvgIpc) is 3.31. The Hall–Kier alpha value is -3.93. The smallest absolute Gasteiger partial charge is 0.339 e. The Morgan fingerprint density at radius 2 is 1.87 bits per heavy atom. The number of rotatable bonds is 6. The van der Waals surface area contributed by atoms with Crippen LogP contribution in [0.15, 0.2) is 71.3 Å². The molecule has 0 saturated heterocycles. The molecule has 0 aliphatic heterocycles. The number of furan rings is 1. The normalized spacial score (nSPS) is 10.7. The Bertz CT molecular complexity index is 1230. The van der Waals surface area contributed by atoms with E-state index in [-0.39, 0.29) is 12.4 Å². The van der Waals surface area contributed by atoms with Crippen molar-refractivity contribution in [2.45, 2.75) is 13.5 Å². The van der Waals surface area contributed by atoms with Gasteiger partial charge in [0.1, 0.15) is 18.1 Å². The lowest BCUT2D eigenvalue weighted by atomic mass is 10.1. The number of pyridine rings is 1. The number of aromatic nitrogens is 1. The van der Waals surface area contributed by atoms with Crippen LogP contribution in [0.25, 0.3) is 22.4 Å². The van der Waals surface area contributed by atoms with Gasteiger partial charge in [0.2, 0.25) is 0 Å². The summed E-state index contributed by atoms with van der Waals surface area (Å²) in [5.41, 5.74) is 2.73. The Morgan fingerprint density at radius 3 is 2.60 bits per heavy atom. The van der Waals surface area contributed by atoms with Gasteiger partial charge in [-0.15, -0.1) is 0 Å². The third-order valence-electron chi connectivity index (χ3n) is 4.76. The van der Waals surface area contributed by atoms with Crippen molar-refractivity contribution < 1.29 is 23.5 Å². The molecule has 6 nitrogen and oxygen atoms in total. The van der Waals surface area contributed by atoms with E-state index in [1.54, 1.807) is 42.7 Å². The summed E-state index contributed by atoms with van der Waals surface area (Å²) < 4.78 is 16.3. The van der Waals surface area contributed by atoms with Crippen molar-refractivity contribution in [1.29, 1.82) is 0 Å². The van der Waals surface area contributed by atoms with E-state index >= 15 is 0 Å². The Kier molecular flexibility index (Phi) is 5.30. The molecule has 0 aliphatic carbocycles. The molecule has 0 fully saturated rings. The van der Waals surface area contributed by atoms with Gasteiger partial charge in [0.05, 0.1) is 24.5 Å². The van der Waals surface area contributed by atoms with Crippen molar-refractivity contribution in [3.8, 4) is 17.2 Å². The van der Waals surface area contributed by atoms with Gasteiger partial charge in [0.15, 0.2) is 11.5 Å². The van der Waals surface area contributed by atoms with Gasteiger partial charge in [-0.05, 0) is 49.4 Å². The van der Waals surface area contributed by atoms with Crippen LogP contribution in [0.4, 0.5) is 0 Å². The first-order chi connectivity index (χ1) is 14.6. The summed E-state index contributed by atoms with van der Waals surface area (Å²) in [5, 5.41) is 0.683. The number of hydrogen-bond acceptors (Lipinski definition) is 6. The van der Waals surface area contributed by atoms with Gasteiger partial charge in [0.25, 0.3) is 0 Å². The fourth-order valence-corrected chi connectivity index (χ4v) is 3.23. The molecule has 2 heterocycles. The molecule has 4 rings (SSSR count).